The molecule has 0 radical (unpaired) electrons. The van der Waals surface area contributed by atoms with Crippen LogP contribution in [-0.2, 0) is 11.2 Å². The van der Waals surface area contributed by atoms with E-state index in [1.54, 1.807) is 18.3 Å². The second kappa shape index (κ2) is 8.39. The third-order valence-corrected chi connectivity index (χ3v) is 5.35. The number of nitrogen functional groups attached to an aromatic ring is 1. The van der Waals surface area contributed by atoms with Gasteiger partial charge in [-0.25, -0.2) is 14.4 Å². The van der Waals surface area contributed by atoms with Gasteiger partial charge in [-0.05, 0) is 42.5 Å². The first-order chi connectivity index (χ1) is 14.1. The summed E-state index contributed by atoms with van der Waals surface area (Å²) < 4.78 is 13.4. The molecular weight excluding hydrogens is 367 g/mol. The molecule has 1 saturated heterocycles. The van der Waals surface area contributed by atoms with Crippen molar-refractivity contribution >= 4 is 11.9 Å². The van der Waals surface area contributed by atoms with Crippen molar-refractivity contribution in [1.29, 1.82) is 0 Å². The number of rotatable bonds is 5. The molecule has 1 atom stereocenters. The van der Waals surface area contributed by atoms with Crippen LogP contribution in [0.5, 0.6) is 0 Å². The SMILES string of the molecule is Nc1ncc(-c2ccc(F)cc2)c(C2CCCN2C(=O)CCc2ccccc2)n1. The smallest absolute Gasteiger partial charge is 0.223 e. The molecule has 2 heterocycles. The molecule has 148 valence electrons. The lowest BCUT2D eigenvalue weighted by atomic mass is 9.99. The Kier molecular flexibility index (Phi) is 5.51. The van der Waals surface area contributed by atoms with Crippen LogP contribution in [0.25, 0.3) is 11.1 Å². The number of nitrogens with two attached hydrogens (primary N) is 1. The Morgan fingerprint density at radius 1 is 1.14 bits per heavy atom. The molecule has 0 aliphatic carbocycles. The van der Waals surface area contributed by atoms with Crippen LogP contribution in [0.1, 0.15) is 36.6 Å². The number of carbonyl (C=O) groups excluding carboxylic acids is 1. The molecule has 2 aromatic carbocycles. The summed E-state index contributed by atoms with van der Waals surface area (Å²) in [4.78, 5) is 23.5. The maximum absolute atomic E-state index is 13.4. The average Bonchev–Trinajstić information content (AvgIpc) is 3.23. The summed E-state index contributed by atoms with van der Waals surface area (Å²) in [5.41, 5.74) is 9.34. The Balaban J connectivity index is 1.59. The van der Waals surface area contributed by atoms with Crippen LogP contribution in [0.2, 0.25) is 0 Å². The lowest BCUT2D eigenvalue weighted by Crippen LogP contribution is -2.31. The van der Waals surface area contributed by atoms with Crippen LogP contribution >= 0.6 is 0 Å². The maximum atomic E-state index is 13.4. The molecule has 2 N–H and O–H groups in total. The number of aryl methyl sites for hydroxylation is 1. The largest absolute Gasteiger partial charge is 0.368 e. The van der Waals surface area contributed by atoms with E-state index >= 15 is 0 Å². The fourth-order valence-corrected chi connectivity index (χ4v) is 3.90. The van der Waals surface area contributed by atoms with Gasteiger partial charge in [0, 0.05) is 24.7 Å². The first-order valence-electron chi connectivity index (χ1n) is 9.83. The fourth-order valence-electron chi connectivity index (χ4n) is 3.90. The van der Waals surface area contributed by atoms with Crippen LogP contribution in [0.3, 0.4) is 0 Å². The van der Waals surface area contributed by atoms with Crippen molar-refractivity contribution in [1.82, 2.24) is 14.9 Å². The standard InChI is InChI=1S/C23H23FN4O/c24-18-11-9-17(10-12-18)19-15-26-23(25)27-22(19)20-7-4-14-28(20)21(29)13-8-16-5-2-1-3-6-16/h1-3,5-6,9-12,15,20H,4,7-8,13-14H2,(H2,25,26,27). The van der Waals surface area contributed by atoms with E-state index in [0.717, 1.165) is 35.2 Å². The number of benzene rings is 2. The Morgan fingerprint density at radius 2 is 1.90 bits per heavy atom. The van der Waals surface area contributed by atoms with Gasteiger partial charge in [0.25, 0.3) is 0 Å². The van der Waals surface area contributed by atoms with Gasteiger partial charge in [-0.2, -0.15) is 0 Å². The number of hydrogen-bond acceptors (Lipinski definition) is 4. The Bertz CT molecular complexity index is 992. The van der Waals surface area contributed by atoms with Crippen LogP contribution in [0, 0.1) is 5.82 Å². The van der Waals surface area contributed by atoms with Gasteiger partial charge >= 0.3 is 0 Å². The Morgan fingerprint density at radius 3 is 2.66 bits per heavy atom. The summed E-state index contributed by atoms with van der Waals surface area (Å²) in [6, 6.07) is 16.1. The van der Waals surface area contributed by atoms with E-state index in [2.05, 4.69) is 9.97 Å². The van der Waals surface area contributed by atoms with Crippen molar-refractivity contribution in [2.24, 2.45) is 0 Å². The first-order valence-corrected chi connectivity index (χ1v) is 9.83. The summed E-state index contributed by atoms with van der Waals surface area (Å²) in [7, 11) is 0. The van der Waals surface area contributed by atoms with Crippen LogP contribution in [0.4, 0.5) is 10.3 Å². The summed E-state index contributed by atoms with van der Waals surface area (Å²) in [5.74, 6) is -0.0155. The van der Waals surface area contributed by atoms with Crippen molar-refractivity contribution in [2.45, 2.75) is 31.7 Å². The van der Waals surface area contributed by atoms with Gasteiger partial charge in [0.2, 0.25) is 11.9 Å². The van der Waals surface area contributed by atoms with Crippen LogP contribution in [-0.4, -0.2) is 27.3 Å². The van der Waals surface area contributed by atoms with E-state index in [9.17, 15) is 9.18 Å². The third-order valence-electron chi connectivity index (χ3n) is 5.35. The van der Waals surface area contributed by atoms with E-state index in [4.69, 9.17) is 5.73 Å². The summed E-state index contributed by atoms with van der Waals surface area (Å²) in [5, 5.41) is 0. The second-order valence-corrected chi connectivity index (χ2v) is 7.26. The van der Waals surface area contributed by atoms with Gasteiger partial charge in [-0.3, -0.25) is 4.79 Å². The highest BCUT2D eigenvalue weighted by atomic mass is 19.1. The average molecular weight is 390 g/mol. The zero-order valence-electron chi connectivity index (χ0n) is 16.1. The third kappa shape index (κ3) is 4.26. The van der Waals surface area contributed by atoms with Crippen molar-refractivity contribution in [3.8, 4) is 11.1 Å². The topological polar surface area (TPSA) is 72.1 Å². The van der Waals surface area contributed by atoms with Gasteiger partial charge in [0.1, 0.15) is 5.82 Å². The predicted molar refractivity (Wildman–Crippen MR) is 110 cm³/mol. The van der Waals surface area contributed by atoms with Crippen molar-refractivity contribution < 1.29 is 9.18 Å². The van der Waals surface area contributed by atoms with E-state index in [-0.39, 0.29) is 23.7 Å². The number of hydrogen-bond donors (Lipinski definition) is 1. The minimum absolute atomic E-state index is 0.110. The van der Waals surface area contributed by atoms with Gasteiger partial charge in [-0.1, -0.05) is 42.5 Å². The normalized spacial score (nSPS) is 16.2. The highest BCUT2D eigenvalue weighted by Crippen LogP contribution is 2.37. The molecule has 1 aromatic heterocycles. The van der Waals surface area contributed by atoms with Gasteiger partial charge in [-0.15, -0.1) is 0 Å². The monoisotopic (exact) mass is 390 g/mol. The summed E-state index contributed by atoms with van der Waals surface area (Å²) in [6.07, 6.45) is 4.55. The van der Waals surface area contributed by atoms with E-state index in [1.807, 2.05) is 35.2 Å². The van der Waals surface area contributed by atoms with Crippen molar-refractivity contribution in [3.63, 3.8) is 0 Å². The lowest BCUT2D eigenvalue weighted by Gasteiger charge is -2.26. The molecule has 1 unspecified atom stereocenters. The van der Waals surface area contributed by atoms with E-state index in [0.29, 0.717) is 19.4 Å². The van der Waals surface area contributed by atoms with Gasteiger partial charge < -0.3 is 10.6 Å². The van der Waals surface area contributed by atoms with Crippen LogP contribution in [0.15, 0.2) is 60.8 Å². The molecular formula is C23H23FN4O. The number of halogens is 1. The number of nitrogens with zero attached hydrogens (tertiary/aromatic N) is 3. The van der Waals surface area contributed by atoms with Crippen molar-refractivity contribution in [3.05, 3.63) is 77.9 Å². The minimum atomic E-state index is -0.301. The predicted octanol–water partition coefficient (Wildman–Crippen LogP) is 4.16. The number of amides is 1. The zero-order valence-corrected chi connectivity index (χ0v) is 16.1. The molecule has 0 saturated carbocycles. The van der Waals surface area contributed by atoms with Gasteiger partial charge in [0.15, 0.2) is 0 Å². The second-order valence-electron chi connectivity index (χ2n) is 7.26. The molecule has 1 aliphatic rings. The maximum Gasteiger partial charge on any atom is 0.223 e. The number of anilines is 1. The number of carbonyl (C=O) groups is 1. The van der Waals surface area contributed by atoms with Gasteiger partial charge in [0.05, 0.1) is 11.7 Å². The number of likely N-dealkylation sites (tertiary alicyclic amines) is 1. The minimum Gasteiger partial charge on any atom is -0.368 e. The van der Waals surface area contributed by atoms with Crippen molar-refractivity contribution in [2.75, 3.05) is 12.3 Å². The Hall–Kier alpha value is -3.28. The molecule has 6 heteroatoms. The van der Waals surface area contributed by atoms with E-state index < -0.39 is 0 Å². The quantitative estimate of drug-likeness (QED) is 0.710. The first kappa shape index (κ1) is 19.1. The summed E-state index contributed by atoms with van der Waals surface area (Å²) >= 11 is 0. The highest BCUT2D eigenvalue weighted by Gasteiger charge is 2.32. The molecule has 1 amide bonds. The molecule has 0 bridgehead atoms. The fraction of sp³-hybridized carbons (Fsp3) is 0.261. The number of aromatic nitrogens is 2. The highest BCUT2D eigenvalue weighted by molar-refractivity contribution is 5.78. The molecule has 5 nitrogen and oxygen atoms in total. The van der Waals surface area contributed by atoms with Crippen LogP contribution < -0.4 is 5.73 Å². The molecule has 0 spiro atoms. The molecule has 3 aromatic rings. The lowest BCUT2D eigenvalue weighted by molar-refractivity contribution is -0.132. The molecule has 1 aliphatic heterocycles. The molecule has 1 fully saturated rings. The molecule has 29 heavy (non-hydrogen) atoms. The Labute approximate surface area is 169 Å². The molecule has 4 rings (SSSR count). The summed E-state index contributed by atoms with van der Waals surface area (Å²) in [6.45, 7) is 0.699. The zero-order chi connectivity index (χ0) is 20.2. The van der Waals surface area contributed by atoms with E-state index in [1.165, 1.54) is 12.1 Å².